The third-order valence-corrected chi connectivity index (χ3v) is 5.54. The first-order valence-electron chi connectivity index (χ1n) is 10.3. The van der Waals surface area contributed by atoms with Crippen LogP contribution in [-0.2, 0) is 4.74 Å². The van der Waals surface area contributed by atoms with E-state index in [0.717, 1.165) is 60.9 Å². The van der Waals surface area contributed by atoms with Gasteiger partial charge in [0, 0.05) is 30.0 Å². The van der Waals surface area contributed by atoms with Crippen molar-refractivity contribution in [3.63, 3.8) is 0 Å². The number of aromatic amines is 1. The fraction of sp³-hybridized carbons (Fsp3) is 0.524. The molecule has 3 aromatic rings. The third kappa shape index (κ3) is 4.09. The van der Waals surface area contributed by atoms with Gasteiger partial charge in [0.15, 0.2) is 11.6 Å². The van der Waals surface area contributed by atoms with E-state index in [0.29, 0.717) is 5.82 Å². The largest absolute Gasteiger partial charge is 0.377 e. The Hall–Kier alpha value is -2.58. The van der Waals surface area contributed by atoms with Crippen molar-refractivity contribution >= 4 is 0 Å². The first kappa shape index (κ1) is 19.7. The number of pyridine rings is 1. The predicted octanol–water partition coefficient (Wildman–Crippen LogP) is 3.06. The van der Waals surface area contributed by atoms with E-state index in [2.05, 4.69) is 22.1 Å². The first-order chi connectivity index (χ1) is 14.1. The van der Waals surface area contributed by atoms with Crippen molar-refractivity contribution in [3.05, 3.63) is 41.6 Å². The summed E-state index contributed by atoms with van der Waals surface area (Å²) in [6.07, 6.45) is 5.51. The number of hydrogen-bond acceptors (Lipinski definition) is 6. The van der Waals surface area contributed by atoms with E-state index in [1.54, 1.807) is 6.20 Å². The average molecular weight is 396 g/mol. The van der Waals surface area contributed by atoms with Gasteiger partial charge in [-0.15, -0.1) is 5.10 Å². The van der Waals surface area contributed by atoms with Crippen molar-refractivity contribution in [1.82, 2.24) is 29.9 Å². The maximum absolute atomic E-state index is 6.34. The highest BCUT2D eigenvalue weighted by atomic mass is 16.5. The van der Waals surface area contributed by atoms with Crippen molar-refractivity contribution in [3.8, 4) is 17.2 Å². The molecule has 1 saturated carbocycles. The molecule has 29 heavy (non-hydrogen) atoms. The van der Waals surface area contributed by atoms with E-state index in [1.807, 2.05) is 36.7 Å². The van der Waals surface area contributed by atoms with Crippen molar-refractivity contribution < 1.29 is 4.74 Å². The number of ether oxygens (including phenoxy) is 1. The zero-order chi connectivity index (χ0) is 20.4. The molecule has 0 aliphatic heterocycles. The average Bonchev–Trinajstić information content (AvgIpc) is 3.33. The van der Waals surface area contributed by atoms with E-state index in [4.69, 9.17) is 20.6 Å². The molecular weight excluding hydrogens is 366 g/mol. The molecule has 1 aliphatic rings. The topological polar surface area (TPSA) is 108 Å². The van der Waals surface area contributed by atoms with Crippen LogP contribution in [0.2, 0.25) is 0 Å². The van der Waals surface area contributed by atoms with Crippen LogP contribution in [-0.4, -0.2) is 48.7 Å². The van der Waals surface area contributed by atoms with E-state index in [1.165, 1.54) is 0 Å². The second-order valence-corrected chi connectivity index (χ2v) is 7.83. The fourth-order valence-corrected chi connectivity index (χ4v) is 3.94. The Morgan fingerprint density at radius 3 is 2.83 bits per heavy atom. The van der Waals surface area contributed by atoms with Crippen LogP contribution in [0.25, 0.3) is 17.2 Å². The van der Waals surface area contributed by atoms with Crippen LogP contribution in [0.1, 0.15) is 55.7 Å². The van der Waals surface area contributed by atoms with Gasteiger partial charge in [-0.05, 0) is 51.7 Å². The molecule has 1 aliphatic carbocycles. The Labute approximate surface area is 170 Å². The number of aryl methyl sites for hydroxylation is 2. The maximum Gasteiger partial charge on any atom is 0.185 e. The minimum absolute atomic E-state index is 0.0448. The van der Waals surface area contributed by atoms with Crippen LogP contribution in [0.5, 0.6) is 0 Å². The van der Waals surface area contributed by atoms with Gasteiger partial charge < -0.3 is 10.5 Å². The van der Waals surface area contributed by atoms with Crippen LogP contribution in [0.3, 0.4) is 0 Å². The van der Waals surface area contributed by atoms with Gasteiger partial charge in [-0.1, -0.05) is 13.0 Å². The summed E-state index contributed by atoms with van der Waals surface area (Å²) >= 11 is 0. The standard InChI is InChI=1S/C21H29N7O/c1-4-10-29-18-11-15(8-9-17(18)22)21-25-20(16-12-23-26-14(16)3)27-28(21)19-7-5-6-13(2)24-19/h5-7,12,15,17-18H,4,8-11,22H2,1-3H3,(H,23,26)/t15-,17-,18-/m0/s1. The summed E-state index contributed by atoms with van der Waals surface area (Å²) in [7, 11) is 0. The van der Waals surface area contributed by atoms with Gasteiger partial charge in [-0.25, -0.2) is 9.97 Å². The summed E-state index contributed by atoms with van der Waals surface area (Å²) in [6.45, 7) is 6.80. The molecule has 3 heterocycles. The van der Waals surface area contributed by atoms with Gasteiger partial charge in [0.25, 0.3) is 0 Å². The van der Waals surface area contributed by atoms with Crippen molar-refractivity contribution in [1.29, 1.82) is 0 Å². The number of nitrogens with zero attached hydrogens (tertiary/aromatic N) is 5. The monoisotopic (exact) mass is 395 g/mol. The number of nitrogens with one attached hydrogen (secondary N) is 1. The van der Waals surface area contributed by atoms with Gasteiger partial charge in [-0.2, -0.15) is 9.78 Å². The Balaban J connectivity index is 1.73. The number of aromatic nitrogens is 6. The highest BCUT2D eigenvalue weighted by Crippen LogP contribution is 2.35. The number of nitrogens with two attached hydrogens (primary N) is 1. The number of rotatable bonds is 6. The van der Waals surface area contributed by atoms with Gasteiger partial charge in [0.2, 0.25) is 0 Å². The number of hydrogen-bond donors (Lipinski definition) is 2. The van der Waals surface area contributed by atoms with E-state index >= 15 is 0 Å². The van der Waals surface area contributed by atoms with Crippen LogP contribution < -0.4 is 5.73 Å². The molecule has 0 radical (unpaired) electrons. The van der Waals surface area contributed by atoms with Gasteiger partial charge in [0.05, 0.1) is 17.9 Å². The van der Waals surface area contributed by atoms with Gasteiger partial charge >= 0.3 is 0 Å². The highest BCUT2D eigenvalue weighted by Gasteiger charge is 2.33. The molecule has 0 aromatic carbocycles. The van der Waals surface area contributed by atoms with Gasteiger partial charge in [-0.3, -0.25) is 5.10 Å². The zero-order valence-corrected chi connectivity index (χ0v) is 17.3. The number of H-pyrrole nitrogens is 1. The molecule has 8 heteroatoms. The Bertz CT molecular complexity index is 964. The van der Waals surface area contributed by atoms with Crippen LogP contribution in [0, 0.1) is 13.8 Å². The molecule has 1 fully saturated rings. The molecule has 3 N–H and O–H groups in total. The van der Waals surface area contributed by atoms with Crippen LogP contribution in [0.15, 0.2) is 24.4 Å². The lowest BCUT2D eigenvalue weighted by atomic mass is 9.83. The summed E-state index contributed by atoms with van der Waals surface area (Å²) in [6, 6.07) is 6.02. The van der Waals surface area contributed by atoms with Crippen LogP contribution >= 0.6 is 0 Å². The predicted molar refractivity (Wildman–Crippen MR) is 111 cm³/mol. The molecule has 154 valence electrons. The van der Waals surface area contributed by atoms with Crippen molar-refractivity contribution in [2.45, 2.75) is 64.5 Å². The normalized spacial score (nSPS) is 22.1. The summed E-state index contributed by atoms with van der Waals surface area (Å²) in [5.41, 5.74) is 9.13. The summed E-state index contributed by atoms with van der Waals surface area (Å²) in [5, 5.41) is 11.9. The molecule has 8 nitrogen and oxygen atoms in total. The van der Waals surface area contributed by atoms with E-state index in [9.17, 15) is 0 Å². The van der Waals surface area contributed by atoms with Gasteiger partial charge in [0.1, 0.15) is 5.82 Å². The second-order valence-electron chi connectivity index (χ2n) is 7.83. The molecule has 0 unspecified atom stereocenters. The molecule has 0 saturated heterocycles. The van der Waals surface area contributed by atoms with Crippen molar-refractivity contribution in [2.75, 3.05) is 6.61 Å². The molecular formula is C21H29N7O. The highest BCUT2D eigenvalue weighted by molar-refractivity contribution is 5.56. The molecule has 0 bridgehead atoms. The maximum atomic E-state index is 6.34. The molecule has 3 aromatic heterocycles. The fourth-order valence-electron chi connectivity index (χ4n) is 3.94. The lowest BCUT2D eigenvalue weighted by molar-refractivity contribution is 0.00883. The lowest BCUT2D eigenvalue weighted by Gasteiger charge is -2.33. The smallest absolute Gasteiger partial charge is 0.185 e. The van der Waals surface area contributed by atoms with E-state index < -0.39 is 0 Å². The van der Waals surface area contributed by atoms with Crippen molar-refractivity contribution in [2.24, 2.45) is 5.73 Å². The summed E-state index contributed by atoms with van der Waals surface area (Å²) in [5.74, 6) is 2.57. The minimum atomic E-state index is 0.0448. The quantitative estimate of drug-likeness (QED) is 0.664. The molecule has 4 rings (SSSR count). The SMILES string of the molecule is CCCO[C@H]1C[C@@H](c2nc(-c3cn[nH]c3C)nn2-c2cccc(C)n2)CC[C@@H]1N. The first-order valence-corrected chi connectivity index (χ1v) is 10.3. The molecule has 0 amide bonds. The Kier molecular flexibility index (Phi) is 5.73. The zero-order valence-electron chi connectivity index (χ0n) is 17.3. The van der Waals surface area contributed by atoms with Crippen LogP contribution in [0.4, 0.5) is 0 Å². The molecule has 3 atom stereocenters. The Morgan fingerprint density at radius 1 is 1.24 bits per heavy atom. The third-order valence-electron chi connectivity index (χ3n) is 5.54. The summed E-state index contributed by atoms with van der Waals surface area (Å²) < 4.78 is 7.93. The minimum Gasteiger partial charge on any atom is -0.377 e. The Morgan fingerprint density at radius 2 is 2.10 bits per heavy atom. The van der Waals surface area contributed by atoms with E-state index in [-0.39, 0.29) is 18.1 Å². The second kappa shape index (κ2) is 8.42. The summed E-state index contributed by atoms with van der Waals surface area (Å²) in [4.78, 5) is 9.62. The lowest BCUT2D eigenvalue weighted by Crippen LogP contribution is -2.42. The molecule has 0 spiro atoms.